The molecule has 0 aromatic rings. The minimum Gasteiger partial charge on any atom is -0.387 e. The van der Waals surface area contributed by atoms with Gasteiger partial charge in [-0.05, 0) is 26.2 Å². The first-order chi connectivity index (χ1) is 22.1. The average molecular weight is 633 g/mol. The number of carbonyl (C=O) groups excluding carboxylic acids is 1. The first-order valence-electron chi connectivity index (χ1n) is 20.6. The Morgan fingerprint density at radius 3 is 1.13 bits per heavy atom. The van der Waals surface area contributed by atoms with Crippen molar-refractivity contribution in [3.05, 3.63) is 19.1 Å². The van der Waals surface area contributed by atoms with E-state index in [-0.39, 0.29) is 5.91 Å². The molecule has 0 aliphatic heterocycles. The maximum absolute atomic E-state index is 12.3. The van der Waals surface area contributed by atoms with Gasteiger partial charge in [0.2, 0.25) is 5.91 Å². The molecular weight excluding hydrogens is 550 g/mol. The van der Waals surface area contributed by atoms with Crippen molar-refractivity contribution in [3.63, 3.8) is 0 Å². The summed E-state index contributed by atoms with van der Waals surface area (Å²) in [5.74, 6) is 0.0191. The molecule has 2 atom stereocenters. The first kappa shape index (κ1) is 44.2. The highest BCUT2D eigenvalue weighted by Crippen LogP contribution is 2.16. The highest BCUT2D eigenvalue weighted by Gasteiger charge is 2.13. The number of amides is 1. The predicted octanol–water partition coefficient (Wildman–Crippen LogP) is 13.5. The van der Waals surface area contributed by atoms with E-state index >= 15 is 0 Å². The molecule has 0 saturated carbocycles. The van der Waals surface area contributed by atoms with Gasteiger partial charge in [-0.25, -0.2) is 0 Å². The molecule has 0 aliphatic carbocycles. The number of nitrogens with one attached hydrogen (secondary N) is 1. The number of hydrogen-bond acceptors (Lipinski definition) is 2. The first-order valence-corrected chi connectivity index (χ1v) is 20.6. The van der Waals surface area contributed by atoms with Gasteiger partial charge in [0.1, 0.15) is 0 Å². The van der Waals surface area contributed by atoms with Crippen LogP contribution in [0, 0.1) is 6.92 Å². The summed E-state index contributed by atoms with van der Waals surface area (Å²) in [6.07, 6.45) is 48.3. The fourth-order valence-electron chi connectivity index (χ4n) is 6.38. The van der Waals surface area contributed by atoms with Crippen molar-refractivity contribution < 1.29 is 9.90 Å². The lowest BCUT2D eigenvalue weighted by Gasteiger charge is -2.17. The molecule has 0 fully saturated rings. The molecule has 0 aromatic carbocycles. The van der Waals surface area contributed by atoms with Crippen molar-refractivity contribution in [2.45, 2.75) is 244 Å². The molecule has 267 valence electrons. The van der Waals surface area contributed by atoms with E-state index in [9.17, 15) is 9.90 Å². The van der Waals surface area contributed by atoms with Gasteiger partial charge in [0.15, 0.2) is 0 Å². The van der Waals surface area contributed by atoms with Gasteiger partial charge in [-0.15, -0.1) is 0 Å². The monoisotopic (exact) mass is 633 g/mol. The van der Waals surface area contributed by atoms with Gasteiger partial charge < -0.3 is 10.4 Å². The molecule has 1 amide bonds. The van der Waals surface area contributed by atoms with Crippen LogP contribution in [0.4, 0.5) is 0 Å². The van der Waals surface area contributed by atoms with E-state index in [1.165, 1.54) is 193 Å². The fourth-order valence-corrected chi connectivity index (χ4v) is 6.38. The fraction of sp³-hybridized carbons (Fsp3) is 0.905. The van der Waals surface area contributed by atoms with Crippen LogP contribution in [0.3, 0.4) is 0 Å². The summed E-state index contributed by atoms with van der Waals surface area (Å²) in [5, 5.41) is 13.2. The number of aliphatic hydroxyl groups excluding tert-OH is 1. The predicted molar refractivity (Wildman–Crippen MR) is 201 cm³/mol. The van der Waals surface area contributed by atoms with Crippen LogP contribution in [0.2, 0.25) is 0 Å². The molecule has 3 heteroatoms. The molecular formula is C42H82NO2. The van der Waals surface area contributed by atoms with E-state index in [2.05, 4.69) is 32.2 Å². The Bertz CT molecular complexity index is 604. The topological polar surface area (TPSA) is 49.3 Å². The summed E-state index contributed by atoms with van der Waals surface area (Å²) >= 11 is 0. The highest BCUT2D eigenvalue weighted by atomic mass is 16.3. The Balaban J connectivity index is 3.41. The van der Waals surface area contributed by atoms with Gasteiger partial charge in [-0.1, -0.05) is 219 Å². The van der Waals surface area contributed by atoms with E-state index in [0.717, 1.165) is 19.3 Å². The molecule has 0 spiro atoms. The molecule has 3 nitrogen and oxygen atoms in total. The van der Waals surface area contributed by atoms with Crippen molar-refractivity contribution in [2.75, 3.05) is 0 Å². The van der Waals surface area contributed by atoms with Gasteiger partial charge in [0, 0.05) is 6.42 Å². The molecule has 0 heterocycles. The second-order valence-electron chi connectivity index (χ2n) is 14.2. The van der Waals surface area contributed by atoms with Crippen LogP contribution in [0.1, 0.15) is 232 Å². The van der Waals surface area contributed by atoms with Gasteiger partial charge >= 0.3 is 0 Å². The summed E-state index contributed by atoms with van der Waals surface area (Å²) in [4.78, 5) is 12.3. The third kappa shape index (κ3) is 35.9. The molecule has 0 rings (SSSR count). The summed E-state index contributed by atoms with van der Waals surface area (Å²) in [6.45, 7) is 8.53. The van der Waals surface area contributed by atoms with E-state index < -0.39 is 12.1 Å². The third-order valence-corrected chi connectivity index (χ3v) is 9.57. The number of carbonyl (C=O) groups is 1. The standard InChI is InChI=1S/C42H82NO2/c1-4-6-8-10-12-14-16-18-19-20-21-22-23-24-25-27-29-31-33-35-37-39-42(45)43-40(3)41(44)38-36-34-32-30-28-26-17-15-13-11-9-7-5-2/h36,38,40-41,44H,3-35,37,39H2,1-2H3,(H,43,45)/b38-36+/t40-,41+/m1/s1. The third-order valence-electron chi connectivity index (χ3n) is 9.57. The summed E-state index contributed by atoms with van der Waals surface area (Å²) in [5.41, 5.74) is 0. The Kier molecular flexibility index (Phi) is 36.9. The number of allylic oxidation sites excluding steroid dienone is 1. The molecule has 1 radical (unpaired) electrons. The lowest BCUT2D eigenvalue weighted by molar-refractivity contribution is -0.122. The minimum atomic E-state index is -0.707. The average Bonchev–Trinajstić information content (AvgIpc) is 3.03. The number of aliphatic hydroxyl groups is 1. The van der Waals surface area contributed by atoms with Crippen molar-refractivity contribution in [1.82, 2.24) is 5.32 Å². The number of hydrogen-bond donors (Lipinski definition) is 2. The Morgan fingerprint density at radius 1 is 0.511 bits per heavy atom. The highest BCUT2D eigenvalue weighted by molar-refractivity contribution is 5.76. The maximum atomic E-state index is 12.3. The number of unbranched alkanes of at least 4 members (excludes halogenated alkanes) is 31. The second kappa shape index (κ2) is 37.6. The summed E-state index contributed by atoms with van der Waals surface area (Å²) < 4.78 is 0. The van der Waals surface area contributed by atoms with Crippen molar-refractivity contribution in [3.8, 4) is 0 Å². The van der Waals surface area contributed by atoms with E-state index in [0.29, 0.717) is 6.42 Å². The normalized spacial score (nSPS) is 13.1. The summed E-state index contributed by atoms with van der Waals surface area (Å²) in [7, 11) is 0. The van der Waals surface area contributed by atoms with Gasteiger partial charge in [-0.3, -0.25) is 4.79 Å². The Hall–Kier alpha value is -0.830. The van der Waals surface area contributed by atoms with Crippen LogP contribution in [-0.2, 0) is 4.79 Å². The smallest absolute Gasteiger partial charge is 0.220 e. The van der Waals surface area contributed by atoms with E-state index in [1.807, 2.05) is 6.08 Å². The Labute approximate surface area is 284 Å². The quantitative estimate of drug-likeness (QED) is 0.0529. The van der Waals surface area contributed by atoms with Gasteiger partial charge in [0.05, 0.1) is 12.1 Å². The van der Waals surface area contributed by atoms with Crippen LogP contribution in [0.5, 0.6) is 0 Å². The molecule has 0 aromatic heterocycles. The molecule has 2 N–H and O–H groups in total. The summed E-state index contributed by atoms with van der Waals surface area (Å²) in [6, 6.07) is -0.471. The van der Waals surface area contributed by atoms with Crippen molar-refractivity contribution >= 4 is 5.91 Å². The van der Waals surface area contributed by atoms with E-state index in [1.54, 1.807) is 0 Å². The zero-order chi connectivity index (χ0) is 32.9. The van der Waals surface area contributed by atoms with Crippen LogP contribution < -0.4 is 5.32 Å². The lowest BCUT2D eigenvalue weighted by atomic mass is 10.0. The zero-order valence-electron chi connectivity index (χ0n) is 30.9. The van der Waals surface area contributed by atoms with Gasteiger partial charge in [0.25, 0.3) is 0 Å². The molecule has 0 saturated heterocycles. The minimum absolute atomic E-state index is 0.0191. The van der Waals surface area contributed by atoms with Crippen molar-refractivity contribution in [2.24, 2.45) is 0 Å². The zero-order valence-corrected chi connectivity index (χ0v) is 30.9. The molecule has 0 aliphatic rings. The number of rotatable bonds is 37. The van der Waals surface area contributed by atoms with Crippen LogP contribution in [-0.4, -0.2) is 23.2 Å². The maximum Gasteiger partial charge on any atom is 0.220 e. The van der Waals surface area contributed by atoms with Gasteiger partial charge in [-0.2, -0.15) is 0 Å². The van der Waals surface area contributed by atoms with E-state index in [4.69, 9.17) is 0 Å². The van der Waals surface area contributed by atoms with Crippen LogP contribution >= 0.6 is 0 Å². The van der Waals surface area contributed by atoms with Crippen LogP contribution in [0.15, 0.2) is 12.2 Å². The molecule has 0 unspecified atom stereocenters. The molecule has 45 heavy (non-hydrogen) atoms. The largest absolute Gasteiger partial charge is 0.387 e. The molecule has 0 bridgehead atoms. The Morgan fingerprint density at radius 2 is 0.800 bits per heavy atom. The lowest BCUT2D eigenvalue weighted by Crippen LogP contribution is -2.40. The van der Waals surface area contributed by atoms with Crippen LogP contribution in [0.25, 0.3) is 0 Å². The SMILES string of the molecule is [CH2][C@@H](NC(=O)CCCCCCCCCCCCCCCCCCCCCCC)[C@@H](O)/C=C/CCCCCCCCCCCCC. The van der Waals surface area contributed by atoms with Crippen molar-refractivity contribution in [1.29, 1.82) is 0 Å². The second-order valence-corrected chi connectivity index (χ2v) is 14.2.